The molecule has 2 aliphatic carbocycles. The van der Waals surface area contributed by atoms with Gasteiger partial charge in [0.25, 0.3) is 5.69 Å². The van der Waals surface area contributed by atoms with Crippen molar-refractivity contribution in [2.45, 2.75) is 82.4 Å². The lowest BCUT2D eigenvalue weighted by Gasteiger charge is -2.60. The fourth-order valence-electron chi connectivity index (χ4n) is 11.3. The first kappa shape index (κ1) is 52.9. The van der Waals surface area contributed by atoms with Crippen molar-refractivity contribution in [3.8, 4) is 11.5 Å². The second-order valence-corrected chi connectivity index (χ2v) is 19.5. The van der Waals surface area contributed by atoms with Crippen LogP contribution in [0.25, 0.3) is 16.8 Å². The number of rotatable bonds is 23. The van der Waals surface area contributed by atoms with Gasteiger partial charge < -0.3 is 39.5 Å². The van der Waals surface area contributed by atoms with E-state index in [-0.39, 0.29) is 69.4 Å². The number of carbonyl (C=O) groups excluding carboxylic acids is 2. The van der Waals surface area contributed by atoms with Gasteiger partial charge in [-0.25, -0.2) is 4.79 Å². The Morgan fingerprint density at radius 3 is 2.30 bits per heavy atom. The fraction of sp³-hybridized carbons (Fsp3) is 0.306. The average molecular weight is 1030 g/mol. The topological polar surface area (TPSA) is 182 Å². The zero-order valence-corrected chi connectivity index (χ0v) is 42.5. The minimum atomic E-state index is -1.60. The zero-order valence-electron chi connectivity index (χ0n) is 42.5. The molecule has 6 atom stereocenters. The summed E-state index contributed by atoms with van der Waals surface area (Å²) in [6.07, 6.45) is 10.7. The van der Waals surface area contributed by atoms with Crippen molar-refractivity contribution in [1.82, 2.24) is 10.2 Å². The van der Waals surface area contributed by atoms with Crippen LogP contribution in [0.15, 0.2) is 181 Å². The molecule has 14 nitrogen and oxygen atoms in total. The number of allylic oxidation sites excluding steroid dienone is 1. The van der Waals surface area contributed by atoms with Crippen LogP contribution in [0.3, 0.4) is 0 Å². The number of unbranched alkanes of at least 4 members (excludes halogenated alkanes) is 2. The molecular weight excluding hydrogens is 961 g/mol. The number of non-ortho nitro benzene ring substituents is 1. The van der Waals surface area contributed by atoms with Crippen LogP contribution in [0.2, 0.25) is 0 Å². The van der Waals surface area contributed by atoms with Crippen molar-refractivity contribution in [1.29, 1.82) is 0 Å². The van der Waals surface area contributed by atoms with E-state index in [0.29, 0.717) is 48.5 Å². The quantitative estimate of drug-likeness (QED) is 0.0184. The standard InChI is InChI=1S/C62H64N4O10/c1-2-36-73-62-57(65(41-48-23-15-22-46-20-9-10-24-51(46)48)58(69)33-28-43-26-29-49(30-27-43)66(71)72)39-55(64-74-42-45-18-7-4-8-19-45)53-37-47(21-11-13-34-67)52(25-12-14-35-68)59(60(53)62)54-38-50(31-32-56(54)76-62)75-61(70)63-40-44-16-5-3-6-17-44/h2-10,15-20,22-24,26-33,37-38,47,52,57,59-60,67-68H,1,11-14,21,25,34-36,39-42H2,(H,63,70). The van der Waals surface area contributed by atoms with Crippen LogP contribution >= 0.6 is 0 Å². The number of aliphatic hydroxyl groups excluding tert-OH is 2. The second kappa shape index (κ2) is 25.1. The van der Waals surface area contributed by atoms with Gasteiger partial charge in [-0.1, -0.05) is 133 Å². The number of nitro benzene ring substituents is 1. The largest absolute Gasteiger partial charge is 0.459 e. The van der Waals surface area contributed by atoms with Crippen molar-refractivity contribution in [2.75, 3.05) is 19.8 Å². The summed E-state index contributed by atoms with van der Waals surface area (Å²) in [5.74, 6) is -2.34. The smallest absolute Gasteiger partial charge is 0.412 e. The van der Waals surface area contributed by atoms with Gasteiger partial charge in [-0.05, 0) is 113 Å². The molecule has 1 heterocycles. The van der Waals surface area contributed by atoms with Gasteiger partial charge >= 0.3 is 6.09 Å². The van der Waals surface area contributed by atoms with Gasteiger partial charge in [0.15, 0.2) is 0 Å². The summed E-state index contributed by atoms with van der Waals surface area (Å²) in [5.41, 5.74) is 5.49. The van der Waals surface area contributed by atoms with E-state index in [4.69, 9.17) is 24.2 Å². The van der Waals surface area contributed by atoms with Crippen LogP contribution in [0.5, 0.6) is 11.5 Å². The Kier molecular flexibility index (Phi) is 17.5. The molecule has 0 bridgehead atoms. The number of carbonyl (C=O) groups is 2. The molecular formula is C62H64N4O10. The highest BCUT2D eigenvalue weighted by molar-refractivity contribution is 6.03. The number of nitro groups is 1. The summed E-state index contributed by atoms with van der Waals surface area (Å²) >= 11 is 0. The van der Waals surface area contributed by atoms with E-state index in [9.17, 15) is 25.1 Å². The maximum absolute atomic E-state index is 15.6. The second-order valence-electron chi connectivity index (χ2n) is 19.5. The first-order valence-corrected chi connectivity index (χ1v) is 26.1. The third-order valence-electron chi connectivity index (χ3n) is 14.8. The summed E-state index contributed by atoms with van der Waals surface area (Å²) in [6, 6.07) is 43.9. The first-order chi connectivity index (χ1) is 37.2. The minimum absolute atomic E-state index is 0.0233. The Balaban J connectivity index is 1.23. The SMILES string of the molecule is C=CCOC12Oc3ccc(OC(=O)NCc4ccccc4)cc3C3C(CCCCO)C(CCCCO)C=C(C(=NOCc4ccccc4)CC1N(Cc1cccc4ccccc14)C(=O)C=Cc1ccc([N+](=O)[O-])cc1)C32. The third-order valence-corrected chi connectivity index (χ3v) is 14.8. The van der Waals surface area contributed by atoms with Gasteiger partial charge in [-0.3, -0.25) is 14.9 Å². The molecule has 2 amide bonds. The number of nitrogens with zero attached hydrogens (tertiary/aromatic N) is 3. The Labute approximate surface area is 443 Å². The van der Waals surface area contributed by atoms with Gasteiger partial charge in [0.1, 0.15) is 24.1 Å². The maximum Gasteiger partial charge on any atom is 0.412 e. The molecule has 392 valence electrons. The Bertz CT molecular complexity index is 3070. The molecule has 0 spiro atoms. The van der Waals surface area contributed by atoms with E-state index in [1.165, 1.54) is 18.2 Å². The van der Waals surface area contributed by atoms with Crippen molar-refractivity contribution >= 4 is 40.2 Å². The number of nitrogens with one attached hydrogen (secondary N) is 1. The molecule has 9 rings (SSSR count). The minimum Gasteiger partial charge on any atom is -0.459 e. The summed E-state index contributed by atoms with van der Waals surface area (Å²) < 4.78 is 20.8. The number of hydrogen-bond donors (Lipinski definition) is 3. The first-order valence-electron chi connectivity index (χ1n) is 26.1. The van der Waals surface area contributed by atoms with Crippen molar-refractivity contribution in [3.05, 3.63) is 214 Å². The van der Waals surface area contributed by atoms with Gasteiger partial charge in [0.2, 0.25) is 11.7 Å². The lowest BCUT2D eigenvalue weighted by Crippen LogP contribution is -2.70. The van der Waals surface area contributed by atoms with Crippen LogP contribution < -0.4 is 14.8 Å². The Hall–Kier alpha value is -7.91. The molecule has 3 N–H and O–H groups in total. The van der Waals surface area contributed by atoms with E-state index in [2.05, 4.69) is 18.0 Å². The van der Waals surface area contributed by atoms with Crippen LogP contribution in [-0.4, -0.2) is 69.4 Å². The highest BCUT2D eigenvalue weighted by Gasteiger charge is 2.65. The predicted octanol–water partition coefficient (Wildman–Crippen LogP) is 11.6. The molecule has 76 heavy (non-hydrogen) atoms. The van der Waals surface area contributed by atoms with Crippen molar-refractivity contribution < 1.29 is 43.8 Å². The molecule has 14 heteroatoms. The number of aliphatic hydroxyl groups is 2. The predicted molar refractivity (Wildman–Crippen MR) is 292 cm³/mol. The van der Waals surface area contributed by atoms with E-state index in [1.807, 2.05) is 115 Å². The van der Waals surface area contributed by atoms with Crippen LogP contribution in [0.1, 0.15) is 78.7 Å². The van der Waals surface area contributed by atoms with E-state index >= 15 is 4.79 Å². The van der Waals surface area contributed by atoms with E-state index in [0.717, 1.165) is 51.4 Å². The summed E-state index contributed by atoms with van der Waals surface area (Å²) in [5, 5.41) is 41.6. The molecule has 1 aliphatic heterocycles. The van der Waals surface area contributed by atoms with E-state index in [1.54, 1.807) is 35.3 Å². The summed E-state index contributed by atoms with van der Waals surface area (Å²) in [6.45, 7) is 4.78. The van der Waals surface area contributed by atoms with Crippen LogP contribution in [-0.2, 0) is 34.1 Å². The number of benzene rings is 6. The molecule has 6 aromatic carbocycles. The highest BCUT2D eigenvalue weighted by atomic mass is 16.7. The Morgan fingerprint density at radius 1 is 0.855 bits per heavy atom. The molecule has 6 unspecified atom stereocenters. The number of ether oxygens (including phenoxy) is 3. The lowest BCUT2D eigenvalue weighted by atomic mass is 9.55. The summed E-state index contributed by atoms with van der Waals surface area (Å²) in [7, 11) is 0. The van der Waals surface area contributed by atoms with Gasteiger partial charge in [0.05, 0.1) is 23.2 Å². The number of oxime groups is 1. The lowest BCUT2D eigenvalue weighted by molar-refractivity contribution is -0.384. The Morgan fingerprint density at radius 2 is 1.57 bits per heavy atom. The zero-order chi connectivity index (χ0) is 52.9. The number of amides is 2. The van der Waals surface area contributed by atoms with Gasteiger partial charge in [-0.2, -0.15) is 0 Å². The average Bonchev–Trinajstić information content (AvgIpc) is 3.61. The summed E-state index contributed by atoms with van der Waals surface area (Å²) in [4.78, 5) is 48.3. The molecule has 0 radical (unpaired) electrons. The van der Waals surface area contributed by atoms with Crippen molar-refractivity contribution in [2.24, 2.45) is 22.9 Å². The molecule has 0 saturated heterocycles. The van der Waals surface area contributed by atoms with Gasteiger partial charge in [-0.15, -0.1) is 6.58 Å². The van der Waals surface area contributed by atoms with Crippen molar-refractivity contribution in [3.63, 3.8) is 0 Å². The third kappa shape index (κ3) is 12.1. The molecule has 6 aromatic rings. The highest BCUT2D eigenvalue weighted by Crippen LogP contribution is 2.62. The number of hydrogen-bond acceptors (Lipinski definition) is 11. The van der Waals surface area contributed by atoms with Gasteiger partial charge in [0, 0.05) is 62.4 Å². The van der Waals surface area contributed by atoms with Crippen LogP contribution in [0.4, 0.5) is 10.5 Å². The normalized spacial score (nSPS) is 20.9. The van der Waals surface area contributed by atoms with Crippen LogP contribution in [0, 0.1) is 27.9 Å². The monoisotopic (exact) mass is 1020 g/mol. The number of fused-ring (bicyclic) bond motifs is 3. The molecule has 3 aliphatic rings. The molecule has 1 fully saturated rings. The maximum atomic E-state index is 15.6. The molecule has 1 saturated carbocycles. The fourth-order valence-corrected chi connectivity index (χ4v) is 11.3. The van der Waals surface area contributed by atoms with E-state index < -0.39 is 34.7 Å². The molecule has 0 aromatic heterocycles.